The summed E-state index contributed by atoms with van der Waals surface area (Å²) in [6, 6.07) is 2.67. The van der Waals surface area contributed by atoms with Gasteiger partial charge in [-0.15, -0.1) is 0 Å². The molecular weight excluding hydrogens is 354 g/mol. The molecule has 4 rings (SSSR count). The smallest absolute Gasteiger partial charge is 0.194 e. The highest BCUT2D eigenvalue weighted by molar-refractivity contribution is 5.80. The number of aliphatic imine (C=N–C) groups is 1. The number of hydrogen-bond acceptors (Lipinski definition) is 4. The van der Waals surface area contributed by atoms with Crippen LogP contribution in [-0.2, 0) is 18.3 Å². The average molecular weight is 386 g/mol. The standard InChI is InChI=1S/C20H31N7O/c1-3-21-20(22-13-17-8-9-27(24-17)18-6-4-5-7-18)26-10-11-28-19(15-26)16-12-23-25(2)14-16/h8-9,12,14,18-19H,3-7,10-11,13,15H2,1-2H3,(H,21,22). The molecule has 8 heteroatoms. The Morgan fingerprint density at radius 2 is 2.21 bits per heavy atom. The van der Waals surface area contributed by atoms with E-state index in [0.29, 0.717) is 19.2 Å². The summed E-state index contributed by atoms with van der Waals surface area (Å²) in [5.74, 6) is 0.926. The molecule has 0 amide bonds. The van der Waals surface area contributed by atoms with Crippen molar-refractivity contribution < 1.29 is 4.74 Å². The van der Waals surface area contributed by atoms with Gasteiger partial charge in [-0.05, 0) is 25.8 Å². The summed E-state index contributed by atoms with van der Waals surface area (Å²) >= 11 is 0. The van der Waals surface area contributed by atoms with Crippen LogP contribution in [0.1, 0.15) is 56.0 Å². The van der Waals surface area contributed by atoms with E-state index in [-0.39, 0.29) is 6.10 Å². The molecule has 3 heterocycles. The highest BCUT2D eigenvalue weighted by Crippen LogP contribution is 2.28. The van der Waals surface area contributed by atoms with Crippen LogP contribution in [0.3, 0.4) is 0 Å². The molecule has 2 aromatic rings. The third-order valence-electron chi connectivity index (χ3n) is 5.55. The van der Waals surface area contributed by atoms with E-state index in [1.807, 2.05) is 24.1 Å². The Labute approximate surface area is 166 Å². The second-order valence-corrected chi connectivity index (χ2v) is 7.65. The predicted octanol–water partition coefficient (Wildman–Crippen LogP) is 2.27. The van der Waals surface area contributed by atoms with Gasteiger partial charge in [-0.1, -0.05) is 12.8 Å². The van der Waals surface area contributed by atoms with Gasteiger partial charge in [0.1, 0.15) is 6.10 Å². The summed E-state index contributed by atoms with van der Waals surface area (Å²) in [6.45, 7) is 5.82. The lowest BCUT2D eigenvalue weighted by molar-refractivity contribution is -0.00805. The van der Waals surface area contributed by atoms with E-state index in [1.54, 1.807) is 0 Å². The summed E-state index contributed by atoms with van der Waals surface area (Å²) in [4.78, 5) is 7.14. The molecule has 2 aliphatic rings. The fraction of sp³-hybridized carbons (Fsp3) is 0.650. The summed E-state index contributed by atoms with van der Waals surface area (Å²) in [5.41, 5.74) is 2.14. The largest absolute Gasteiger partial charge is 0.370 e. The molecule has 2 aromatic heterocycles. The van der Waals surface area contributed by atoms with Crippen LogP contribution in [-0.4, -0.2) is 56.7 Å². The van der Waals surface area contributed by atoms with E-state index >= 15 is 0 Å². The van der Waals surface area contributed by atoms with E-state index in [1.165, 1.54) is 25.7 Å². The Morgan fingerprint density at radius 1 is 1.36 bits per heavy atom. The number of rotatable bonds is 5. The van der Waals surface area contributed by atoms with Crippen molar-refractivity contribution in [3.63, 3.8) is 0 Å². The number of morpholine rings is 1. The van der Waals surface area contributed by atoms with Gasteiger partial charge in [0.05, 0.1) is 37.6 Å². The van der Waals surface area contributed by atoms with Gasteiger partial charge in [-0.3, -0.25) is 9.36 Å². The highest BCUT2D eigenvalue weighted by atomic mass is 16.5. The summed E-state index contributed by atoms with van der Waals surface area (Å²) in [6.07, 6.45) is 11.2. The molecular formula is C20H31N7O. The first-order valence-electron chi connectivity index (χ1n) is 10.4. The van der Waals surface area contributed by atoms with Crippen molar-refractivity contribution in [2.24, 2.45) is 12.0 Å². The molecule has 0 spiro atoms. The van der Waals surface area contributed by atoms with Crippen molar-refractivity contribution in [1.82, 2.24) is 29.8 Å². The molecule has 1 saturated heterocycles. The molecule has 1 atom stereocenters. The number of hydrogen-bond donors (Lipinski definition) is 1. The van der Waals surface area contributed by atoms with E-state index in [4.69, 9.17) is 14.8 Å². The van der Waals surface area contributed by atoms with Crippen LogP contribution in [0.15, 0.2) is 29.6 Å². The molecule has 0 aromatic carbocycles. The lowest BCUT2D eigenvalue weighted by Gasteiger charge is -2.34. The Hall–Kier alpha value is -2.35. The van der Waals surface area contributed by atoms with E-state index < -0.39 is 0 Å². The fourth-order valence-corrected chi connectivity index (χ4v) is 4.07. The maximum Gasteiger partial charge on any atom is 0.194 e. The van der Waals surface area contributed by atoms with Crippen molar-refractivity contribution in [3.8, 4) is 0 Å². The molecule has 1 aliphatic heterocycles. The average Bonchev–Trinajstić information content (AvgIpc) is 3.46. The van der Waals surface area contributed by atoms with Crippen molar-refractivity contribution in [3.05, 3.63) is 35.9 Å². The third kappa shape index (κ3) is 4.38. The first-order valence-corrected chi connectivity index (χ1v) is 10.4. The molecule has 152 valence electrons. The highest BCUT2D eigenvalue weighted by Gasteiger charge is 2.25. The number of nitrogens with zero attached hydrogens (tertiary/aromatic N) is 6. The summed E-state index contributed by atoms with van der Waals surface area (Å²) in [7, 11) is 1.93. The fourth-order valence-electron chi connectivity index (χ4n) is 4.07. The lowest BCUT2D eigenvalue weighted by atomic mass is 10.1. The van der Waals surface area contributed by atoms with Crippen LogP contribution in [0.5, 0.6) is 0 Å². The first-order chi connectivity index (χ1) is 13.7. The van der Waals surface area contributed by atoms with Crippen molar-refractivity contribution in [1.29, 1.82) is 0 Å². The monoisotopic (exact) mass is 385 g/mol. The Kier molecular flexibility index (Phi) is 5.95. The maximum absolute atomic E-state index is 5.97. The van der Waals surface area contributed by atoms with Gasteiger partial charge < -0.3 is 15.0 Å². The number of aryl methyl sites for hydroxylation is 1. The maximum atomic E-state index is 5.97. The van der Waals surface area contributed by atoms with Crippen LogP contribution >= 0.6 is 0 Å². The van der Waals surface area contributed by atoms with Gasteiger partial charge in [0.2, 0.25) is 0 Å². The Morgan fingerprint density at radius 3 is 2.96 bits per heavy atom. The summed E-state index contributed by atoms with van der Waals surface area (Å²) < 4.78 is 9.92. The summed E-state index contributed by atoms with van der Waals surface area (Å²) in [5, 5.41) is 12.5. The molecule has 8 nitrogen and oxygen atoms in total. The molecule has 1 unspecified atom stereocenters. The van der Waals surface area contributed by atoms with E-state index in [9.17, 15) is 0 Å². The quantitative estimate of drug-likeness (QED) is 0.631. The topological polar surface area (TPSA) is 72.5 Å². The Balaban J connectivity index is 1.42. The number of nitrogens with one attached hydrogen (secondary N) is 1. The Bertz CT molecular complexity index is 790. The van der Waals surface area contributed by atoms with Crippen LogP contribution in [0.4, 0.5) is 0 Å². The van der Waals surface area contributed by atoms with E-state index in [0.717, 1.165) is 36.9 Å². The molecule has 0 radical (unpaired) electrons. The van der Waals surface area contributed by atoms with Crippen molar-refractivity contribution >= 4 is 5.96 Å². The van der Waals surface area contributed by atoms with Crippen molar-refractivity contribution in [2.45, 2.75) is 51.3 Å². The van der Waals surface area contributed by atoms with Gasteiger partial charge in [-0.25, -0.2) is 4.99 Å². The van der Waals surface area contributed by atoms with Crippen molar-refractivity contribution in [2.75, 3.05) is 26.2 Å². The zero-order chi connectivity index (χ0) is 19.3. The lowest BCUT2D eigenvalue weighted by Crippen LogP contribution is -2.48. The minimum absolute atomic E-state index is 0.0212. The van der Waals surface area contributed by atoms with Crippen LogP contribution in [0.2, 0.25) is 0 Å². The molecule has 28 heavy (non-hydrogen) atoms. The number of aromatic nitrogens is 4. The zero-order valence-electron chi connectivity index (χ0n) is 16.9. The normalized spacial score (nSPS) is 21.4. The minimum atomic E-state index is 0.0212. The van der Waals surface area contributed by atoms with Gasteiger partial charge in [0.25, 0.3) is 0 Å². The molecule has 1 aliphatic carbocycles. The zero-order valence-corrected chi connectivity index (χ0v) is 16.9. The van der Waals surface area contributed by atoms with Crippen LogP contribution in [0, 0.1) is 0 Å². The number of guanidine groups is 1. The van der Waals surface area contributed by atoms with Gasteiger partial charge >= 0.3 is 0 Å². The second kappa shape index (κ2) is 8.77. The number of ether oxygens (including phenoxy) is 1. The van der Waals surface area contributed by atoms with Crippen LogP contribution in [0.25, 0.3) is 0 Å². The van der Waals surface area contributed by atoms with Gasteiger partial charge in [-0.2, -0.15) is 10.2 Å². The predicted molar refractivity (Wildman–Crippen MR) is 108 cm³/mol. The molecule has 2 fully saturated rings. The van der Waals surface area contributed by atoms with Crippen LogP contribution < -0.4 is 5.32 Å². The third-order valence-corrected chi connectivity index (χ3v) is 5.55. The minimum Gasteiger partial charge on any atom is -0.370 e. The molecule has 0 bridgehead atoms. The second-order valence-electron chi connectivity index (χ2n) is 7.65. The molecule has 1 saturated carbocycles. The molecule has 1 N–H and O–H groups in total. The van der Waals surface area contributed by atoms with Gasteiger partial charge in [0, 0.05) is 38.1 Å². The van der Waals surface area contributed by atoms with E-state index in [2.05, 4.69) is 39.2 Å². The first kappa shape index (κ1) is 19.0. The van der Waals surface area contributed by atoms with Gasteiger partial charge in [0.15, 0.2) is 5.96 Å². The SMILES string of the molecule is CCNC(=NCc1ccn(C2CCCC2)n1)N1CCOC(c2cnn(C)c2)C1.